The van der Waals surface area contributed by atoms with Gasteiger partial charge in [0.1, 0.15) is 10.8 Å². The second-order valence-corrected chi connectivity index (χ2v) is 6.65. The highest BCUT2D eigenvalue weighted by atomic mass is 32.1. The molecule has 1 unspecified atom stereocenters. The third-order valence-electron chi connectivity index (χ3n) is 3.32. The first kappa shape index (κ1) is 16.0. The van der Waals surface area contributed by atoms with Crippen LogP contribution in [-0.2, 0) is 6.42 Å². The number of ether oxygens (including phenoxy) is 1. The Kier molecular flexibility index (Phi) is 5.76. The van der Waals surface area contributed by atoms with E-state index in [1.807, 2.05) is 18.3 Å². The summed E-state index contributed by atoms with van der Waals surface area (Å²) in [5, 5.41) is 1.08. The van der Waals surface area contributed by atoms with Crippen LogP contribution in [-0.4, -0.2) is 36.6 Å². The van der Waals surface area contributed by atoms with Crippen molar-refractivity contribution < 1.29 is 4.74 Å². The van der Waals surface area contributed by atoms with Crippen molar-refractivity contribution in [3.63, 3.8) is 0 Å². The Morgan fingerprint density at radius 2 is 1.95 bits per heavy atom. The van der Waals surface area contributed by atoms with Gasteiger partial charge in [-0.3, -0.25) is 0 Å². The average molecular weight is 304 g/mol. The molecule has 3 nitrogen and oxygen atoms in total. The van der Waals surface area contributed by atoms with Crippen molar-refractivity contribution >= 4 is 11.3 Å². The maximum absolute atomic E-state index is 5.94. The summed E-state index contributed by atoms with van der Waals surface area (Å²) in [7, 11) is 4.17. The lowest BCUT2D eigenvalue weighted by atomic mass is 10.2. The number of hydrogen-bond acceptors (Lipinski definition) is 4. The predicted octanol–water partition coefficient (Wildman–Crippen LogP) is 4.09. The molecular formula is C17H24N2OS. The van der Waals surface area contributed by atoms with E-state index in [-0.39, 0.29) is 6.10 Å². The SMILES string of the molecule is CCc1cnc(-c2ccc(OC(C)CCN(C)C)cc2)s1. The van der Waals surface area contributed by atoms with E-state index >= 15 is 0 Å². The van der Waals surface area contributed by atoms with E-state index in [2.05, 4.69) is 50.0 Å². The quantitative estimate of drug-likeness (QED) is 0.770. The van der Waals surface area contributed by atoms with Gasteiger partial charge in [-0.2, -0.15) is 0 Å². The highest BCUT2D eigenvalue weighted by molar-refractivity contribution is 7.15. The van der Waals surface area contributed by atoms with Gasteiger partial charge in [0, 0.05) is 23.2 Å². The largest absolute Gasteiger partial charge is 0.491 e. The summed E-state index contributed by atoms with van der Waals surface area (Å²) in [5.74, 6) is 0.928. The molecule has 0 bridgehead atoms. The zero-order chi connectivity index (χ0) is 15.2. The van der Waals surface area contributed by atoms with E-state index in [0.717, 1.165) is 35.7 Å². The molecule has 0 N–H and O–H groups in total. The fourth-order valence-electron chi connectivity index (χ4n) is 2.01. The van der Waals surface area contributed by atoms with Gasteiger partial charge in [-0.25, -0.2) is 4.98 Å². The van der Waals surface area contributed by atoms with Crippen LogP contribution in [0, 0.1) is 0 Å². The smallest absolute Gasteiger partial charge is 0.123 e. The summed E-state index contributed by atoms with van der Waals surface area (Å²) in [6.45, 7) is 5.31. The molecule has 114 valence electrons. The molecule has 4 heteroatoms. The molecule has 0 saturated heterocycles. The lowest BCUT2D eigenvalue weighted by molar-refractivity contribution is 0.194. The lowest BCUT2D eigenvalue weighted by Crippen LogP contribution is -2.21. The Balaban J connectivity index is 1.95. The molecule has 2 rings (SSSR count). The van der Waals surface area contributed by atoms with E-state index < -0.39 is 0 Å². The third-order valence-corrected chi connectivity index (χ3v) is 4.51. The van der Waals surface area contributed by atoms with Crippen LogP contribution in [0.3, 0.4) is 0 Å². The molecule has 0 saturated carbocycles. The van der Waals surface area contributed by atoms with Crippen molar-refractivity contribution in [2.45, 2.75) is 32.8 Å². The van der Waals surface area contributed by atoms with Crippen LogP contribution in [0.2, 0.25) is 0 Å². The third kappa shape index (κ3) is 4.83. The predicted molar refractivity (Wildman–Crippen MR) is 90.2 cm³/mol. The Morgan fingerprint density at radius 1 is 1.24 bits per heavy atom. The minimum absolute atomic E-state index is 0.227. The molecule has 1 atom stereocenters. The number of thiazole rings is 1. The van der Waals surface area contributed by atoms with Crippen LogP contribution >= 0.6 is 11.3 Å². The topological polar surface area (TPSA) is 25.4 Å². The Labute approximate surface area is 131 Å². The Morgan fingerprint density at radius 3 is 2.52 bits per heavy atom. The highest BCUT2D eigenvalue weighted by Crippen LogP contribution is 2.27. The minimum Gasteiger partial charge on any atom is -0.491 e. The highest BCUT2D eigenvalue weighted by Gasteiger charge is 2.07. The minimum atomic E-state index is 0.227. The number of aromatic nitrogens is 1. The van der Waals surface area contributed by atoms with Crippen LogP contribution < -0.4 is 4.74 Å². The van der Waals surface area contributed by atoms with Crippen molar-refractivity contribution in [2.24, 2.45) is 0 Å². The van der Waals surface area contributed by atoms with Crippen molar-refractivity contribution in [3.05, 3.63) is 35.3 Å². The fraction of sp³-hybridized carbons (Fsp3) is 0.471. The molecule has 0 amide bonds. The summed E-state index contributed by atoms with van der Waals surface area (Å²) in [6, 6.07) is 8.25. The first-order chi connectivity index (χ1) is 10.1. The molecule has 1 aromatic heterocycles. The van der Waals surface area contributed by atoms with Gasteiger partial charge in [0.15, 0.2) is 0 Å². The van der Waals surface area contributed by atoms with Crippen LogP contribution in [0.4, 0.5) is 0 Å². The summed E-state index contributed by atoms with van der Waals surface area (Å²) in [5.41, 5.74) is 1.16. The van der Waals surface area contributed by atoms with E-state index in [0.29, 0.717) is 0 Å². The standard InChI is InChI=1S/C17H24N2OS/c1-5-16-12-18-17(21-16)14-6-8-15(9-7-14)20-13(2)10-11-19(3)4/h6-9,12-13H,5,10-11H2,1-4H3. The number of rotatable bonds is 7. The summed E-state index contributed by atoms with van der Waals surface area (Å²) >= 11 is 1.76. The van der Waals surface area contributed by atoms with Gasteiger partial charge in [-0.05, 0) is 58.1 Å². The zero-order valence-electron chi connectivity index (χ0n) is 13.3. The second-order valence-electron chi connectivity index (χ2n) is 5.53. The van der Waals surface area contributed by atoms with Crippen molar-refractivity contribution in [2.75, 3.05) is 20.6 Å². The van der Waals surface area contributed by atoms with Crippen LogP contribution in [0.15, 0.2) is 30.5 Å². The lowest BCUT2D eigenvalue weighted by Gasteiger charge is -2.17. The van der Waals surface area contributed by atoms with Crippen LogP contribution in [0.5, 0.6) is 5.75 Å². The average Bonchev–Trinajstić information content (AvgIpc) is 2.95. The Hall–Kier alpha value is -1.39. The van der Waals surface area contributed by atoms with Crippen LogP contribution in [0.25, 0.3) is 10.6 Å². The monoisotopic (exact) mass is 304 g/mol. The Bertz CT molecular complexity index is 548. The first-order valence-corrected chi connectivity index (χ1v) is 8.26. The van der Waals surface area contributed by atoms with Gasteiger partial charge in [0.2, 0.25) is 0 Å². The summed E-state index contributed by atoms with van der Waals surface area (Å²) in [4.78, 5) is 7.97. The maximum atomic E-state index is 5.94. The number of benzene rings is 1. The van der Waals surface area contributed by atoms with Crippen molar-refractivity contribution in [1.29, 1.82) is 0 Å². The maximum Gasteiger partial charge on any atom is 0.123 e. The molecule has 0 fully saturated rings. The summed E-state index contributed by atoms with van der Waals surface area (Å²) < 4.78 is 5.94. The van der Waals surface area contributed by atoms with Gasteiger partial charge < -0.3 is 9.64 Å². The van der Waals surface area contributed by atoms with E-state index in [1.165, 1.54) is 4.88 Å². The van der Waals surface area contributed by atoms with E-state index in [1.54, 1.807) is 11.3 Å². The van der Waals surface area contributed by atoms with Gasteiger partial charge in [0.25, 0.3) is 0 Å². The molecule has 21 heavy (non-hydrogen) atoms. The van der Waals surface area contributed by atoms with Gasteiger partial charge in [0.05, 0.1) is 6.10 Å². The van der Waals surface area contributed by atoms with Crippen LogP contribution in [0.1, 0.15) is 25.1 Å². The number of hydrogen-bond donors (Lipinski definition) is 0. The van der Waals surface area contributed by atoms with E-state index in [4.69, 9.17) is 4.74 Å². The zero-order valence-corrected chi connectivity index (χ0v) is 14.1. The molecule has 0 radical (unpaired) electrons. The molecule has 0 aliphatic rings. The first-order valence-electron chi connectivity index (χ1n) is 7.45. The molecular weight excluding hydrogens is 280 g/mol. The van der Waals surface area contributed by atoms with Gasteiger partial charge in [-0.1, -0.05) is 6.92 Å². The molecule has 0 aliphatic heterocycles. The molecule has 1 aromatic carbocycles. The van der Waals surface area contributed by atoms with Gasteiger partial charge in [-0.15, -0.1) is 11.3 Å². The van der Waals surface area contributed by atoms with Crippen molar-refractivity contribution in [3.8, 4) is 16.3 Å². The van der Waals surface area contributed by atoms with Crippen molar-refractivity contribution in [1.82, 2.24) is 9.88 Å². The number of nitrogens with zero attached hydrogens (tertiary/aromatic N) is 2. The van der Waals surface area contributed by atoms with Gasteiger partial charge >= 0.3 is 0 Å². The number of aryl methyl sites for hydroxylation is 1. The van der Waals surface area contributed by atoms with E-state index in [9.17, 15) is 0 Å². The molecule has 2 aromatic rings. The molecule has 0 aliphatic carbocycles. The molecule has 1 heterocycles. The fourth-order valence-corrected chi connectivity index (χ4v) is 2.87. The molecule has 0 spiro atoms. The summed E-state index contributed by atoms with van der Waals surface area (Å²) in [6.07, 6.45) is 4.27. The normalized spacial score (nSPS) is 12.6. The second kappa shape index (κ2) is 7.57.